The number of hydrogen-bond donors (Lipinski definition) is 3. The highest BCUT2D eigenvalue weighted by molar-refractivity contribution is 5.97. The van der Waals surface area contributed by atoms with Crippen molar-refractivity contribution < 1.29 is 19.8 Å². The van der Waals surface area contributed by atoms with Crippen LogP contribution in [0.15, 0.2) is 18.2 Å². The molecule has 116 valence electrons. The fraction of sp³-hybridized carbons (Fsp3) is 0.500. The van der Waals surface area contributed by atoms with Gasteiger partial charge in [-0.05, 0) is 31.9 Å². The zero-order chi connectivity index (χ0) is 15.7. The van der Waals surface area contributed by atoms with E-state index >= 15 is 0 Å². The fourth-order valence-corrected chi connectivity index (χ4v) is 2.04. The number of rotatable bonds is 9. The summed E-state index contributed by atoms with van der Waals surface area (Å²) >= 11 is 0. The molecule has 0 radical (unpaired) electrons. The van der Waals surface area contributed by atoms with E-state index in [1.807, 2.05) is 0 Å². The van der Waals surface area contributed by atoms with Crippen LogP contribution >= 0.6 is 0 Å². The Morgan fingerprint density at radius 1 is 1.05 bits per heavy atom. The second-order valence-corrected chi connectivity index (χ2v) is 5.15. The lowest BCUT2D eigenvalue weighted by Crippen LogP contribution is -2.24. The molecule has 1 aromatic rings. The highest BCUT2D eigenvalue weighted by atomic mass is 16.3. The predicted molar refractivity (Wildman–Crippen MR) is 80.5 cm³/mol. The average molecular weight is 293 g/mol. The molecule has 0 saturated heterocycles. The summed E-state index contributed by atoms with van der Waals surface area (Å²) in [6.07, 6.45) is 5.49. The second-order valence-electron chi connectivity index (χ2n) is 5.15. The minimum atomic E-state index is -0.390. The van der Waals surface area contributed by atoms with E-state index in [1.165, 1.54) is 18.2 Å². The molecule has 0 heterocycles. The molecule has 0 unspecified atom stereocenters. The molecule has 0 spiro atoms. The number of benzene rings is 1. The molecule has 0 aromatic heterocycles. The number of aromatic hydroxyl groups is 2. The number of phenols is 2. The third-order valence-electron chi connectivity index (χ3n) is 3.25. The SMILES string of the molecule is CC(=O)CCCCCCCNC(=O)c1cccc(O)c1O. The van der Waals surface area contributed by atoms with Crippen molar-refractivity contribution in [1.82, 2.24) is 5.32 Å². The van der Waals surface area contributed by atoms with Crippen molar-refractivity contribution in [2.24, 2.45) is 0 Å². The molecule has 0 fully saturated rings. The molecule has 0 aliphatic carbocycles. The van der Waals surface area contributed by atoms with Crippen molar-refractivity contribution in [2.45, 2.75) is 45.4 Å². The fourth-order valence-electron chi connectivity index (χ4n) is 2.04. The topological polar surface area (TPSA) is 86.6 Å². The molecular weight excluding hydrogens is 270 g/mol. The van der Waals surface area contributed by atoms with Crippen molar-refractivity contribution in [3.05, 3.63) is 23.8 Å². The van der Waals surface area contributed by atoms with E-state index in [4.69, 9.17) is 0 Å². The van der Waals surface area contributed by atoms with Gasteiger partial charge in [-0.2, -0.15) is 0 Å². The summed E-state index contributed by atoms with van der Waals surface area (Å²) in [5, 5.41) is 21.6. The maximum Gasteiger partial charge on any atom is 0.255 e. The molecule has 0 aliphatic rings. The quantitative estimate of drug-likeness (QED) is 0.482. The van der Waals surface area contributed by atoms with Gasteiger partial charge in [-0.25, -0.2) is 0 Å². The van der Waals surface area contributed by atoms with Crippen LogP contribution in [0.2, 0.25) is 0 Å². The van der Waals surface area contributed by atoms with Crippen molar-refractivity contribution in [3.63, 3.8) is 0 Å². The molecular formula is C16H23NO4. The minimum absolute atomic E-state index is 0.0801. The van der Waals surface area contributed by atoms with E-state index in [1.54, 1.807) is 6.92 Å². The number of amides is 1. The highest BCUT2D eigenvalue weighted by Gasteiger charge is 2.12. The van der Waals surface area contributed by atoms with Crippen LogP contribution in [0.4, 0.5) is 0 Å². The number of nitrogens with one attached hydrogen (secondary N) is 1. The van der Waals surface area contributed by atoms with Gasteiger partial charge in [0.15, 0.2) is 11.5 Å². The van der Waals surface area contributed by atoms with E-state index in [0.717, 1.165) is 32.1 Å². The van der Waals surface area contributed by atoms with Crippen LogP contribution < -0.4 is 5.32 Å². The van der Waals surface area contributed by atoms with E-state index in [2.05, 4.69) is 5.32 Å². The summed E-state index contributed by atoms with van der Waals surface area (Å²) in [5.41, 5.74) is 0.0801. The minimum Gasteiger partial charge on any atom is -0.504 e. The lowest BCUT2D eigenvalue weighted by molar-refractivity contribution is -0.117. The number of phenolic OH excluding ortho intramolecular Hbond substituents is 2. The summed E-state index contributed by atoms with van der Waals surface area (Å²) in [6.45, 7) is 2.13. The summed E-state index contributed by atoms with van der Waals surface area (Å²) in [7, 11) is 0. The van der Waals surface area contributed by atoms with E-state index in [9.17, 15) is 19.8 Å². The maximum absolute atomic E-state index is 11.8. The molecule has 1 aromatic carbocycles. The second kappa shape index (κ2) is 9.00. The smallest absolute Gasteiger partial charge is 0.255 e. The van der Waals surface area contributed by atoms with Crippen molar-refractivity contribution in [3.8, 4) is 11.5 Å². The predicted octanol–water partition coefficient (Wildman–Crippen LogP) is 2.76. The van der Waals surface area contributed by atoms with E-state index < -0.39 is 0 Å². The summed E-state index contributed by atoms with van der Waals surface area (Å²) in [4.78, 5) is 22.6. The number of Topliss-reactive ketones (excluding diaryl/α,β-unsaturated/α-hetero) is 1. The molecule has 1 rings (SSSR count). The molecule has 1 amide bonds. The number of hydrogen-bond acceptors (Lipinski definition) is 4. The number of para-hydroxylation sites is 1. The maximum atomic E-state index is 11.8. The Kier molecular flexibility index (Phi) is 7.29. The molecule has 5 nitrogen and oxygen atoms in total. The first-order valence-corrected chi connectivity index (χ1v) is 7.31. The van der Waals surface area contributed by atoms with Gasteiger partial charge in [-0.3, -0.25) is 4.79 Å². The van der Waals surface area contributed by atoms with Gasteiger partial charge in [-0.15, -0.1) is 0 Å². The van der Waals surface area contributed by atoms with Gasteiger partial charge in [0.2, 0.25) is 0 Å². The highest BCUT2D eigenvalue weighted by Crippen LogP contribution is 2.27. The van der Waals surface area contributed by atoms with Gasteiger partial charge in [0, 0.05) is 13.0 Å². The van der Waals surface area contributed by atoms with Gasteiger partial charge in [0.1, 0.15) is 5.78 Å². The molecule has 0 aliphatic heterocycles. The largest absolute Gasteiger partial charge is 0.504 e. The normalized spacial score (nSPS) is 10.3. The Morgan fingerprint density at radius 3 is 2.43 bits per heavy atom. The van der Waals surface area contributed by atoms with E-state index in [-0.39, 0.29) is 28.8 Å². The first-order chi connectivity index (χ1) is 10.0. The van der Waals surface area contributed by atoms with Gasteiger partial charge in [0.05, 0.1) is 5.56 Å². The van der Waals surface area contributed by atoms with Gasteiger partial charge in [0.25, 0.3) is 5.91 Å². The number of carbonyl (C=O) groups is 2. The van der Waals surface area contributed by atoms with Crippen LogP contribution in [0, 0.1) is 0 Å². The molecule has 0 bridgehead atoms. The lowest BCUT2D eigenvalue weighted by Gasteiger charge is -2.07. The zero-order valence-corrected chi connectivity index (χ0v) is 12.4. The van der Waals surface area contributed by atoms with Crippen LogP contribution in [-0.4, -0.2) is 28.4 Å². The summed E-state index contributed by atoms with van der Waals surface area (Å²) in [6, 6.07) is 4.30. The molecule has 21 heavy (non-hydrogen) atoms. The first kappa shape index (κ1) is 17.0. The van der Waals surface area contributed by atoms with Gasteiger partial charge < -0.3 is 20.3 Å². The summed E-state index contributed by atoms with van der Waals surface area (Å²) < 4.78 is 0. The zero-order valence-electron chi connectivity index (χ0n) is 12.4. The third kappa shape index (κ3) is 6.29. The van der Waals surface area contributed by atoms with Crippen LogP contribution in [0.3, 0.4) is 0 Å². The van der Waals surface area contributed by atoms with Gasteiger partial charge in [-0.1, -0.05) is 25.3 Å². The van der Waals surface area contributed by atoms with Crippen LogP contribution in [0.1, 0.15) is 55.8 Å². The average Bonchev–Trinajstić information content (AvgIpc) is 2.44. The standard InChI is InChI=1S/C16H23NO4/c1-12(18)8-5-3-2-4-6-11-17-16(21)13-9-7-10-14(19)15(13)20/h7,9-10,19-20H,2-6,8,11H2,1H3,(H,17,21). The van der Waals surface area contributed by atoms with Gasteiger partial charge >= 0.3 is 0 Å². The molecule has 5 heteroatoms. The van der Waals surface area contributed by atoms with Crippen molar-refractivity contribution >= 4 is 11.7 Å². The van der Waals surface area contributed by atoms with Crippen molar-refractivity contribution in [1.29, 1.82) is 0 Å². The monoisotopic (exact) mass is 293 g/mol. The lowest BCUT2D eigenvalue weighted by atomic mass is 10.1. The summed E-state index contributed by atoms with van der Waals surface area (Å²) in [5.74, 6) is -0.847. The Bertz CT molecular complexity index is 485. The van der Waals surface area contributed by atoms with Crippen molar-refractivity contribution in [2.75, 3.05) is 6.54 Å². The third-order valence-corrected chi connectivity index (χ3v) is 3.25. The van der Waals surface area contributed by atoms with Crippen LogP contribution in [0.25, 0.3) is 0 Å². The Morgan fingerprint density at radius 2 is 1.71 bits per heavy atom. The number of carbonyl (C=O) groups excluding carboxylic acids is 2. The van der Waals surface area contributed by atoms with Crippen LogP contribution in [-0.2, 0) is 4.79 Å². The number of ketones is 1. The van der Waals surface area contributed by atoms with E-state index in [0.29, 0.717) is 13.0 Å². The molecule has 0 saturated carbocycles. The molecule has 3 N–H and O–H groups in total. The first-order valence-electron chi connectivity index (χ1n) is 7.31. The Balaban J connectivity index is 2.17. The Labute approximate surface area is 125 Å². The molecule has 0 atom stereocenters. The number of unbranched alkanes of at least 4 members (excludes halogenated alkanes) is 4. The Hall–Kier alpha value is -2.04. The van der Waals surface area contributed by atoms with Crippen LogP contribution in [0.5, 0.6) is 11.5 Å².